The molecule has 133 valence electrons. The first-order valence-corrected chi connectivity index (χ1v) is 1.70. The third-order valence-electron chi connectivity index (χ3n) is 0. The SMILES string of the molecule is O.O.O.O.O.O.O=[N+]([O-])O.O=[N+]([O-])O.O=[N+]([O-])O.[Tm]. The minimum absolute atomic E-state index is 0. The van der Waals surface area contributed by atoms with E-state index in [1.807, 2.05) is 0 Å². The molecule has 19 heteroatoms. The molecule has 0 fully saturated rings. The zero-order valence-electron chi connectivity index (χ0n) is 8.41. The molecule has 0 unspecified atom stereocenters. The van der Waals surface area contributed by atoms with E-state index < -0.39 is 15.3 Å². The van der Waals surface area contributed by atoms with Crippen LogP contribution < -0.4 is 0 Å². The first kappa shape index (κ1) is 84.0. The summed E-state index contributed by atoms with van der Waals surface area (Å²) in [6.07, 6.45) is 0. The number of hydrogen-bond donors (Lipinski definition) is 3. The molecule has 15 N–H and O–H groups in total. The summed E-state index contributed by atoms with van der Waals surface area (Å²) in [4.78, 5) is 25.1. The summed E-state index contributed by atoms with van der Waals surface area (Å²) in [5, 5.41) is 40.9. The Kier molecular flexibility index (Phi) is 309. The minimum Gasteiger partial charge on any atom is -0.412 e. The van der Waals surface area contributed by atoms with E-state index in [0.717, 1.165) is 0 Å². The van der Waals surface area contributed by atoms with Crippen molar-refractivity contribution in [3.05, 3.63) is 30.3 Å². The molecule has 0 spiro atoms. The van der Waals surface area contributed by atoms with Crippen LogP contribution in [0, 0.1) is 67.2 Å². The molecule has 0 atom stereocenters. The van der Waals surface area contributed by atoms with E-state index in [1.165, 1.54) is 0 Å². The number of hydrogen-bond acceptors (Lipinski definition) is 6. The predicted molar refractivity (Wildman–Crippen MR) is 48.0 cm³/mol. The fraction of sp³-hybridized carbons (Fsp3) is 0. The molecule has 0 amide bonds. The predicted octanol–water partition coefficient (Wildman–Crippen LogP) is -5.99. The second-order valence-corrected chi connectivity index (χ2v) is 0.714. The molecule has 18 nitrogen and oxygen atoms in total. The van der Waals surface area contributed by atoms with E-state index in [2.05, 4.69) is 0 Å². The van der Waals surface area contributed by atoms with Gasteiger partial charge in [-0.2, -0.15) is 0 Å². The molecule has 0 aliphatic heterocycles. The van der Waals surface area contributed by atoms with E-state index >= 15 is 0 Å². The molecule has 0 saturated carbocycles. The summed E-state index contributed by atoms with van der Waals surface area (Å²) >= 11 is 0. The fourth-order valence-electron chi connectivity index (χ4n) is 0. The zero-order chi connectivity index (χ0) is 10.7. The van der Waals surface area contributed by atoms with Crippen LogP contribution >= 0.6 is 0 Å². The van der Waals surface area contributed by atoms with Gasteiger partial charge in [-0.25, -0.2) is 0 Å². The second kappa shape index (κ2) is 70.0. The Morgan fingerprint density at radius 3 is 0.526 bits per heavy atom. The van der Waals surface area contributed by atoms with Gasteiger partial charge in [-0.1, -0.05) is 0 Å². The van der Waals surface area contributed by atoms with Crippen molar-refractivity contribution in [1.82, 2.24) is 0 Å². The largest absolute Gasteiger partial charge is 0.412 e. The first-order chi connectivity index (χ1) is 5.20. The summed E-state index contributed by atoms with van der Waals surface area (Å²) in [6, 6.07) is 0. The van der Waals surface area contributed by atoms with Crippen molar-refractivity contribution in [2.45, 2.75) is 0 Å². The number of nitrogens with zero attached hydrogens (tertiary/aromatic N) is 3. The molecule has 0 aromatic rings. The van der Waals surface area contributed by atoms with Gasteiger partial charge in [-0.3, -0.25) is 0 Å². The van der Waals surface area contributed by atoms with Crippen molar-refractivity contribution in [3.63, 3.8) is 0 Å². The van der Waals surface area contributed by atoms with Gasteiger partial charge < -0.3 is 48.5 Å². The van der Waals surface area contributed by atoms with Crippen LogP contribution in [0.3, 0.4) is 0 Å². The Morgan fingerprint density at radius 1 is 0.526 bits per heavy atom. The van der Waals surface area contributed by atoms with Gasteiger partial charge in [0.1, 0.15) is 0 Å². The summed E-state index contributed by atoms with van der Waals surface area (Å²) in [6.45, 7) is 0. The standard InChI is InChI=1S/3HNO3.6H2O.Tm/c3*2-1(3)4;;;;;;;/h3*(H,2,3,4);6*1H2;. The molecule has 0 saturated heterocycles. The van der Waals surface area contributed by atoms with Crippen molar-refractivity contribution in [2.24, 2.45) is 0 Å². The third kappa shape index (κ3) is 1790. The molecule has 0 rings (SSSR count). The molecule has 0 aromatic heterocycles. The average Bonchev–Trinajstić information content (AvgIpc) is 1.54. The van der Waals surface area contributed by atoms with Gasteiger partial charge in [0.15, 0.2) is 0 Å². The minimum atomic E-state index is -1.50. The molecule has 0 aliphatic carbocycles. The molecule has 19 heavy (non-hydrogen) atoms. The maximum atomic E-state index is 8.36. The van der Waals surface area contributed by atoms with Crippen LogP contribution in [0.1, 0.15) is 0 Å². The van der Waals surface area contributed by atoms with Gasteiger partial charge in [-0.05, 0) is 0 Å². The van der Waals surface area contributed by atoms with E-state index in [9.17, 15) is 0 Å². The van der Waals surface area contributed by atoms with E-state index in [-0.39, 0.29) is 69.7 Å². The van der Waals surface area contributed by atoms with Crippen LogP contribution in [-0.4, -0.2) is 63.7 Å². The van der Waals surface area contributed by atoms with Crippen LogP contribution in [0.15, 0.2) is 0 Å². The van der Waals surface area contributed by atoms with E-state index in [0.29, 0.717) is 0 Å². The molecule has 0 aromatic carbocycles. The number of rotatable bonds is 0. The van der Waals surface area contributed by atoms with Gasteiger partial charge in [0.2, 0.25) is 0 Å². The van der Waals surface area contributed by atoms with E-state index in [4.69, 9.17) is 46.0 Å². The second-order valence-electron chi connectivity index (χ2n) is 0.714. The monoisotopic (exact) mass is 466 g/mol. The Hall–Kier alpha value is -1.41. The van der Waals surface area contributed by atoms with Gasteiger partial charge in [-0.15, -0.1) is 30.3 Å². The van der Waals surface area contributed by atoms with Crippen LogP contribution in [0.2, 0.25) is 0 Å². The summed E-state index contributed by atoms with van der Waals surface area (Å²) in [5.74, 6) is 0. The summed E-state index contributed by atoms with van der Waals surface area (Å²) in [5.41, 5.74) is 0. The first-order valence-electron chi connectivity index (χ1n) is 1.70. The van der Waals surface area contributed by atoms with Gasteiger partial charge in [0.25, 0.3) is 15.3 Å². The van der Waals surface area contributed by atoms with Crippen LogP contribution in [-0.2, 0) is 0 Å². The Bertz CT molecular complexity index is 115. The Balaban J connectivity index is -0.00000000675. The van der Waals surface area contributed by atoms with Crippen molar-refractivity contribution in [1.29, 1.82) is 0 Å². The average molecular weight is 466 g/mol. The van der Waals surface area contributed by atoms with Gasteiger partial charge in [0, 0.05) is 36.9 Å². The third-order valence-corrected chi connectivity index (χ3v) is 0. The molecular formula is H15N3O15Tm. The molecule has 0 aliphatic rings. The fourth-order valence-corrected chi connectivity index (χ4v) is 0. The van der Waals surface area contributed by atoms with Crippen LogP contribution in [0.4, 0.5) is 0 Å². The van der Waals surface area contributed by atoms with Crippen molar-refractivity contribution in [3.8, 4) is 0 Å². The summed E-state index contributed by atoms with van der Waals surface area (Å²) in [7, 11) is 0. The topological polar surface area (TPSA) is 379 Å². The van der Waals surface area contributed by atoms with Crippen LogP contribution in [0.25, 0.3) is 0 Å². The van der Waals surface area contributed by atoms with E-state index in [1.54, 1.807) is 0 Å². The molecule has 0 bridgehead atoms. The zero-order valence-corrected chi connectivity index (χ0v) is 10.2. The van der Waals surface area contributed by atoms with Crippen molar-refractivity contribution >= 4 is 0 Å². The van der Waals surface area contributed by atoms with Crippen molar-refractivity contribution in [2.75, 3.05) is 0 Å². The van der Waals surface area contributed by atoms with Gasteiger partial charge in [0.05, 0.1) is 0 Å². The Labute approximate surface area is 131 Å². The van der Waals surface area contributed by atoms with Crippen molar-refractivity contribution < 1.29 is 101 Å². The molecule has 1 radical (unpaired) electrons. The smallest absolute Gasteiger partial charge is 0.291 e. The maximum Gasteiger partial charge on any atom is 0.291 e. The Morgan fingerprint density at radius 2 is 0.526 bits per heavy atom. The molecular weight excluding hydrogens is 451 g/mol. The summed E-state index contributed by atoms with van der Waals surface area (Å²) < 4.78 is 0. The van der Waals surface area contributed by atoms with Gasteiger partial charge >= 0.3 is 0 Å². The maximum absolute atomic E-state index is 8.36. The quantitative estimate of drug-likeness (QED) is 0.225. The van der Waals surface area contributed by atoms with Crippen LogP contribution in [0.5, 0.6) is 0 Å². The molecule has 0 heterocycles. The normalized spacial score (nSPS) is 3.79.